The van der Waals surface area contributed by atoms with Crippen molar-refractivity contribution in [2.24, 2.45) is 5.73 Å². The molecule has 0 saturated heterocycles. The quantitative estimate of drug-likeness (QED) is 0.815. The standard InChI is InChI=1S/C17H26N2S2/c1-5-15(18)17(16-9-8-13(3)21-16)19(4)12(2)11-14-7-6-10-20-14/h6-10,12,15,17H,5,11,18H2,1-4H3. The fraction of sp³-hybridized carbons (Fsp3) is 0.529. The normalized spacial score (nSPS) is 16.1. The van der Waals surface area contributed by atoms with Crippen molar-refractivity contribution in [3.8, 4) is 0 Å². The monoisotopic (exact) mass is 322 g/mol. The molecule has 0 aliphatic rings. The van der Waals surface area contributed by atoms with Gasteiger partial charge >= 0.3 is 0 Å². The molecule has 2 rings (SSSR count). The summed E-state index contributed by atoms with van der Waals surface area (Å²) in [5.41, 5.74) is 6.44. The molecule has 2 N–H and O–H groups in total. The lowest BCUT2D eigenvalue weighted by Gasteiger charge is -2.36. The number of nitrogens with two attached hydrogens (primary N) is 1. The van der Waals surface area contributed by atoms with Crippen LogP contribution in [0, 0.1) is 6.92 Å². The summed E-state index contributed by atoms with van der Waals surface area (Å²) < 4.78 is 0. The molecule has 0 aliphatic carbocycles. The van der Waals surface area contributed by atoms with Gasteiger partial charge in [0.2, 0.25) is 0 Å². The molecule has 0 aromatic carbocycles. The van der Waals surface area contributed by atoms with Crippen LogP contribution in [0.15, 0.2) is 29.6 Å². The second-order valence-corrected chi connectivity index (χ2v) is 8.12. The van der Waals surface area contributed by atoms with Crippen LogP contribution in [0.25, 0.3) is 0 Å². The molecule has 116 valence electrons. The van der Waals surface area contributed by atoms with Crippen molar-refractivity contribution < 1.29 is 0 Å². The fourth-order valence-electron chi connectivity index (χ4n) is 2.69. The Kier molecular flexibility index (Phi) is 5.99. The molecule has 0 radical (unpaired) electrons. The maximum Gasteiger partial charge on any atom is 0.0593 e. The largest absolute Gasteiger partial charge is 0.326 e. The Morgan fingerprint density at radius 2 is 2.05 bits per heavy atom. The van der Waals surface area contributed by atoms with Gasteiger partial charge in [-0.25, -0.2) is 0 Å². The van der Waals surface area contributed by atoms with E-state index in [1.54, 1.807) is 0 Å². The Morgan fingerprint density at radius 1 is 1.29 bits per heavy atom. The van der Waals surface area contributed by atoms with Crippen molar-refractivity contribution in [3.63, 3.8) is 0 Å². The van der Waals surface area contributed by atoms with E-state index in [1.165, 1.54) is 14.6 Å². The molecule has 0 spiro atoms. The number of hydrogen-bond donors (Lipinski definition) is 1. The van der Waals surface area contributed by atoms with Crippen LogP contribution in [0.1, 0.15) is 40.9 Å². The van der Waals surface area contributed by atoms with Crippen LogP contribution in [0.5, 0.6) is 0 Å². The number of likely N-dealkylation sites (N-methyl/N-ethyl adjacent to an activating group) is 1. The van der Waals surface area contributed by atoms with Gasteiger partial charge in [-0.15, -0.1) is 22.7 Å². The zero-order valence-electron chi connectivity index (χ0n) is 13.4. The van der Waals surface area contributed by atoms with E-state index in [0.717, 1.165) is 12.8 Å². The highest BCUT2D eigenvalue weighted by Crippen LogP contribution is 2.32. The maximum atomic E-state index is 6.44. The van der Waals surface area contributed by atoms with Gasteiger partial charge in [-0.3, -0.25) is 4.90 Å². The van der Waals surface area contributed by atoms with Crippen molar-refractivity contribution in [1.82, 2.24) is 4.90 Å². The average molecular weight is 323 g/mol. The third kappa shape index (κ3) is 4.16. The van der Waals surface area contributed by atoms with Gasteiger partial charge in [0.05, 0.1) is 6.04 Å². The highest BCUT2D eigenvalue weighted by molar-refractivity contribution is 7.12. The predicted molar refractivity (Wildman–Crippen MR) is 95.3 cm³/mol. The molecule has 3 atom stereocenters. The van der Waals surface area contributed by atoms with Crippen molar-refractivity contribution in [1.29, 1.82) is 0 Å². The number of hydrogen-bond acceptors (Lipinski definition) is 4. The summed E-state index contributed by atoms with van der Waals surface area (Å²) in [6.07, 6.45) is 2.09. The summed E-state index contributed by atoms with van der Waals surface area (Å²) in [6.45, 7) is 6.64. The van der Waals surface area contributed by atoms with Crippen molar-refractivity contribution in [2.45, 2.75) is 51.7 Å². The van der Waals surface area contributed by atoms with Gasteiger partial charge in [0.1, 0.15) is 0 Å². The minimum absolute atomic E-state index is 0.179. The number of rotatable bonds is 7. The molecule has 2 aromatic heterocycles. The fourth-order valence-corrected chi connectivity index (χ4v) is 4.62. The Balaban J connectivity index is 2.15. The first-order chi connectivity index (χ1) is 10.0. The molecule has 21 heavy (non-hydrogen) atoms. The van der Waals surface area contributed by atoms with E-state index in [4.69, 9.17) is 5.73 Å². The highest BCUT2D eigenvalue weighted by Gasteiger charge is 2.27. The molecule has 0 saturated carbocycles. The average Bonchev–Trinajstić information content (AvgIpc) is 3.10. The Bertz CT molecular complexity index is 533. The molecule has 0 fully saturated rings. The molecular formula is C17H26N2S2. The first kappa shape index (κ1) is 16.7. The van der Waals surface area contributed by atoms with Gasteiger partial charge in [0, 0.05) is 26.7 Å². The molecule has 0 aliphatic heterocycles. The second-order valence-electron chi connectivity index (χ2n) is 5.76. The van der Waals surface area contributed by atoms with E-state index < -0.39 is 0 Å². The highest BCUT2D eigenvalue weighted by atomic mass is 32.1. The molecule has 3 unspecified atom stereocenters. The second kappa shape index (κ2) is 7.54. The van der Waals surface area contributed by atoms with Crippen LogP contribution in [0.3, 0.4) is 0 Å². The first-order valence-corrected chi connectivity index (χ1v) is 9.28. The molecule has 0 bridgehead atoms. The van der Waals surface area contributed by atoms with E-state index >= 15 is 0 Å². The van der Waals surface area contributed by atoms with Crippen LogP contribution >= 0.6 is 22.7 Å². The van der Waals surface area contributed by atoms with E-state index in [9.17, 15) is 0 Å². The topological polar surface area (TPSA) is 29.3 Å². The lowest BCUT2D eigenvalue weighted by molar-refractivity contribution is 0.160. The van der Waals surface area contributed by atoms with Crippen LogP contribution in [-0.4, -0.2) is 24.0 Å². The van der Waals surface area contributed by atoms with E-state index in [-0.39, 0.29) is 6.04 Å². The van der Waals surface area contributed by atoms with Crippen LogP contribution < -0.4 is 5.73 Å². The van der Waals surface area contributed by atoms with Crippen LogP contribution in [0.4, 0.5) is 0 Å². The lowest BCUT2D eigenvalue weighted by atomic mass is 10.0. The Hall–Kier alpha value is -0.680. The van der Waals surface area contributed by atoms with Gasteiger partial charge in [0.15, 0.2) is 0 Å². The van der Waals surface area contributed by atoms with Crippen molar-refractivity contribution in [2.75, 3.05) is 7.05 Å². The lowest BCUT2D eigenvalue weighted by Crippen LogP contribution is -2.43. The molecule has 0 amide bonds. The van der Waals surface area contributed by atoms with Crippen LogP contribution in [-0.2, 0) is 6.42 Å². The van der Waals surface area contributed by atoms with Gasteiger partial charge < -0.3 is 5.73 Å². The van der Waals surface area contributed by atoms with Crippen LogP contribution in [0.2, 0.25) is 0 Å². The predicted octanol–water partition coefficient (Wildman–Crippen LogP) is 4.46. The zero-order valence-corrected chi connectivity index (χ0v) is 15.0. The summed E-state index contributed by atoms with van der Waals surface area (Å²) in [4.78, 5) is 6.65. The first-order valence-electron chi connectivity index (χ1n) is 7.59. The smallest absolute Gasteiger partial charge is 0.0593 e. The minimum Gasteiger partial charge on any atom is -0.326 e. The van der Waals surface area contributed by atoms with E-state index in [2.05, 4.69) is 62.4 Å². The van der Waals surface area contributed by atoms with Crippen molar-refractivity contribution in [3.05, 3.63) is 44.3 Å². The third-order valence-electron chi connectivity index (χ3n) is 4.14. The van der Waals surface area contributed by atoms with Gasteiger partial charge in [0.25, 0.3) is 0 Å². The molecule has 4 heteroatoms. The molecule has 2 nitrogen and oxygen atoms in total. The summed E-state index contributed by atoms with van der Waals surface area (Å²) in [7, 11) is 2.22. The summed E-state index contributed by atoms with van der Waals surface area (Å²) in [5.74, 6) is 0. The summed E-state index contributed by atoms with van der Waals surface area (Å²) >= 11 is 3.71. The molecule has 2 heterocycles. The maximum absolute atomic E-state index is 6.44. The molecular weight excluding hydrogens is 296 g/mol. The number of aryl methyl sites for hydroxylation is 1. The number of nitrogens with zero attached hydrogens (tertiary/aromatic N) is 1. The Morgan fingerprint density at radius 3 is 2.57 bits per heavy atom. The third-order valence-corrected chi connectivity index (χ3v) is 6.11. The molecule has 2 aromatic rings. The SMILES string of the molecule is CCC(N)C(c1ccc(C)s1)N(C)C(C)Cc1cccs1. The zero-order chi connectivity index (χ0) is 15.4. The Labute approximate surface area is 136 Å². The van der Waals surface area contributed by atoms with Gasteiger partial charge in [-0.2, -0.15) is 0 Å². The van der Waals surface area contributed by atoms with Gasteiger partial charge in [-0.1, -0.05) is 13.0 Å². The summed E-state index contributed by atoms with van der Waals surface area (Å²) in [5, 5.41) is 2.15. The minimum atomic E-state index is 0.179. The number of thiophene rings is 2. The summed E-state index contributed by atoms with van der Waals surface area (Å²) in [6, 6.07) is 9.77. The van der Waals surface area contributed by atoms with Gasteiger partial charge in [-0.05, 0) is 57.3 Å². The van der Waals surface area contributed by atoms with E-state index in [1.807, 2.05) is 22.7 Å². The van der Waals surface area contributed by atoms with Crippen molar-refractivity contribution >= 4 is 22.7 Å². The van der Waals surface area contributed by atoms with E-state index in [0.29, 0.717) is 12.1 Å².